The van der Waals surface area contributed by atoms with Crippen molar-refractivity contribution in [2.45, 2.75) is 45.1 Å². The fourth-order valence-electron chi connectivity index (χ4n) is 1.92. The normalized spacial score (nSPS) is 13.2. The second-order valence-electron chi connectivity index (χ2n) is 4.90. The lowest BCUT2D eigenvalue weighted by Gasteiger charge is -2.19. The van der Waals surface area contributed by atoms with Crippen molar-refractivity contribution in [1.82, 2.24) is 9.62 Å². The number of hydrogen-bond acceptors (Lipinski definition) is 3. The standard InChI is InChI=1S/C15H24N2O3S/c1-5-12(4)16-15(18)13-9-8-10-14(11-13)21(19,20)17(6-2)7-3/h8-12H,5-7H2,1-4H3,(H,16,18). The highest BCUT2D eigenvalue weighted by Crippen LogP contribution is 2.17. The maximum atomic E-state index is 12.4. The van der Waals surface area contributed by atoms with E-state index in [2.05, 4.69) is 5.32 Å². The van der Waals surface area contributed by atoms with Crippen molar-refractivity contribution in [3.8, 4) is 0 Å². The van der Waals surface area contributed by atoms with Crippen LogP contribution in [0.2, 0.25) is 0 Å². The fourth-order valence-corrected chi connectivity index (χ4v) is 3.42. The number of sulfonamides is 1. The van der Waals surface area contributed by atoms with Crippen LogP contribution in [-0.2, 0) is 10.0 Å². The molecule has 0 fully saturated rings. The van der Waals surface area contributed by atoms with Crippen molar-refractivity contribution in [2.75, 3.05) is 13.1 Å². The molecule has 0 aromatic heterocycles. The van der Waals surface area contributed by atoms with Crippen LogP contribution in [-0.4, -0.2) is 37.8 Å². The van der Waals surface area contributed by atoms with Crippen LogP contribution < -0.4 is 5.32 Å². The number of nitrogens with zero attached hydrogens (tertiary/aromatic N) is 1. The van der Waals surface area contributed by atoms with Crippen LogP contribution >= 0.6 is 0 Å². The molecule has 0 spiro atoms. The highest BCUT2D eigenvalue weighted by Gasteiger charge is 2.22. The molecule has 0 heterocycles. The lowest BCUT2D eigenvalue weighted by atomic mass is 10.2. The van der Waals surface area contributed by atoms with E-state index in [1.54, 1.807) is 26.0 Å². The topological polar surface area (TPSA) is 66.5 Å². The third kappa shape index (κ3) is 4.28. The maximum absolute atomic E-state index is 12.4. The molecule has 0 saturated carbocycles. The van der Waals surface area contributed by atoms with Gasteiger partial charge in [-0.1, -0.05) is 26.8 Å². The minimum Gasteiger partial charge on any atom is -0.350 e. The predicted octanol–water partition coefficient (Wildman–Crippen LogP) is 2.25. The number of carbonyl (C=O) groups excluding carboxylic acids is 1. The summed E-state index contributed by atoms with van der Waals surface area (Å²) in [7, 11) is -3.54. The molecule has 1 amide bonds. The molecule has 0 aliphatic heterocycles. The zero-order valence-electron chi connectivity index (χ0n) is 13.1. The van der Waals surface area contributed by atoms with Gasteiger partial charge in [0.25, 0.3) is 5.91 Å². The summed E-state index contributed by atoms with van der Waals surface area (Å²) in [5.74, 6) is -0.249. The van der Waals surface area contributed by atoms with Gasteiger partial charge < -0.3 is 5.32 Å². The first-order chi connectivity index (χ1) is 9.86. The molecule has 0 radical (unpaired) electrons. The second-order valence-corrected chi connectivity index (χ2v) is 6.84. The van der Waals surface area contributed by atoms with Crippen molar-refractivity contribution in [3.05, 3.63) is 29.8 Å². The molecule has 1 unspecified atom stereocenters. The number of nitrogens with one attached hydrogen (secondary N) is 1. The summed E-state index contributed by atoms with van der Waals surface area (Å²) in [4.78, 5) is 12.2. The Morgan fingerprint density at radius 2 is 1.86 bits per heavy atom. The molecule has 0 bridgehead atoms. The summed E-state index contributed by atoms with van der Waals surface area (Å²) in [5.41, 5.74) is 0.364. The maximum Gasteiger partial charge on any atom is 0.251 e. The number of rotatable bonds is 7. The van der Waals surface area contributed by atoms with Gasteiger partial charge in [0.15, 0.2) is 0 Å². The van der Waals surface area contributed by atoms with Gasteiger partial charge in [0, 0.05) is 24.7 Å². The molecule has 21 heavy (non-hydrogen) atoms. The molecule has 0 aliphatic carbocycles. The Kier molecular flexibility index (Phi) is 6.36. The van der Waals surface area contributed by atoms with E-state index in [1.807, 2.05) is 13.8 Å². The van der Waals surface area contributed by atoms with Crippen molar-refractivity contribution in [1.29, 1.82) is 0 Å². The van der Waals surface area contributed by atoms with Gasteiger partial charge in [-0.15, -0.1) is 0 Å². The fraction of sp³-hybridized carbons (Fsp3) is 0.533. The van der Waals surface area contributed by atoms with Crippen LogP contribution in [0.1, 0.15) is 44.5 Å². The van der Waals surface area contributed by atoms with Gasteiger partial charge in [-0.3, -0.25) is 4.79 Å². The van der Waals surface area contributed by atoms with Gasteiger partial charge in [0.2, 0.25) is 10.0 Å². The van der Waals surface area contributed by atoms with Crippen molar-refractivity contribution in [2.24, 2.45) is 0 Å². The Labute approximate surface area is 127 Å². The Hall–Kier alpha value is -1.40. The largest absolute Gasteiger partial charge is 0.350 e. The summed E-state index contributed by atoms with van der Waals surface area (Å²) < 4.78 is 26.3. The van der Waals surface area contributed by atoms with Gasteiger partial charge in [-0.25, -0.2) is 8.42 Å². The summed E-state index contributed by atoms with van der Waals surface area (Å²) in [6.07, 6.45) is 0.823. The Morgan fingerprint density at radius 1 is 1.24 bits per heavy atom. The molecule has 1 aromatic carbocycles. The highest BCUT2D eigenvalue weighted by atomic mass is 32.2. The number of carbonyl (C=O) groups is 1. The molecule has 5 nitrogen and oxygen atoms in total. The van der Waals surface area contributed by atoms with E-state index in [9.17, 15) is 13.2 Å². The minimum atomic E-state index is -3.54. The van der Waals surface area contributed by atoms with Crippen LogP contribution in [0, 0.1) is 0 Å². The molecule has 0 aliphatic rings. The van der Waals surface area contributed by atoms with E-state index in [4.69, 9.17) is 0 Å². The zero-order chi connectivity index (χ0) is 16.0. The van der Waals surface area contributed by atoms with Gasteiger partial charge in [-0.2, -0.15) is 4.31 Å². The van der Waals surface area contributed by atoms with Gasteiger partial charge >= 0.3 is 0 Å². The van der Waals surface area contributed by atoms with Crippen LogP contribution in [0.25, 0.3) is 0 Å². The molecule has 1 rings (SSSR count). The lowest BCUT2D eigenvalue weighted by molar-refractivity contribution is 0.0939. The summed E-state index contributed by atoms with van der Waals surface area (Å²) in [6.45, 7) is 8.28. The summed E-state index contributed by atoms with van der Waals surface area (Å²) in [6, 6.07) is 6.24. The lowest BCUT2D eigenvalue weighted by Crippen LogP contribution is -2.33. The Morgan fingerprint density at radius 3 is 2.38 bits per heavy atom. The number of hydrogen-bond donors (Lipinski definition) is 1. The molecule has 1 atom stereocenters. The number of amides is 1. The third-order valence-electron chi connectivity index (χ3n) is 3.43. The molecule has 118 valence electrons. The van der Waals surface area contributed by atoms with Crippen molar-refractivity contribution >= 4 is 15.9 Å². The van der Waals surface area contributed by atoms with E-state index in [0.29, 0.717) is 18.7 Å². The van der Waals surface area contributed by atoms with Gasteiger partial charge in [-0.05, 0) is 31.5 Å². The average Bonchev–Trinajstić information content (AvgIpc) is 2.48. The second kappa shape index (κ2) is 7.56. The first-order valence-electron chi connectivity index (χ1n) is 7.27. The van der Waals surface area contributed by atoms with Crippen LogP contribution in [0.5, 0.6) is 0 Å². The monoisotopic (exact) mass is 312 g/mol. The summed E-state index contributed by atoms with van der Waals surface area (Å²) >= 11 is 0. The van der Waals surface area contributed by atoms with E-state index < -0.39 is 10.0 Å². The molecule has 6 heteroatoms. The number of benzene rings is 1. The van der Waals surface area contributed by atoms with Crippen LogP contribution in [0.3, 0.4) is 0 Å². The summed E-state index contributed by atoms with van der Waals surface area (Å²) in [5, 5.41) is 2.83. The predicted molar refractivity (Wildman–Crippen MR) is 83.8 cm³/mol. The van der Waals surface area contributed by atoms with E-state index in [1.165, 1.54) is 16.4 Å². The van der Waals surface area contributed by atoms with E-state index >= 15 is 0 Å². The molecular weight excluding hydrogens is 288 g/mol. The van der Waals surface area contributed by atoms with Crippen molar-refractivity contribution < 1.29 is 13.2 Å². The first kappa shape index (κ1) is 17.7. The Balaban J connectivity index is 3.08. The van der Waals surface area contributed by atoms with Crippen molar-refractivity contribution in [3.63, 3.8) is 0 Å². The average molecular weight is 312 g/mol. The highest BCUT2D eigenvalue weighted by molar-refractivity contribution is 7.89. The molecule has 1 aromatic rings. The molecule has 0 saturated heterocycles. The molecular formula is C15H24N2O3S. The van der Waals surface area contributed by atoms with Gasteiger partial charge in [0.1, 0.15) is 0 Å². The SMILES string of the molecule is CCC(C)NC(=O)c1cccc(S(=O)(=O)N(CC)CC)c1. The van der Waals surface area contributed by atoms with Crippen LogP contribution in [0.4, 0.5) is 0 Å². The quantitative estimate of drug-likeness (QED) is 0.839. The smallest absolute Gasteiger partial charge is 0.251 e. The third-order valence-corrected chi connectivity index (χ3v) is 5.48. The Bertz CT molecular complexity index is 580. The first-order valence-corrected chi connectivity index (χ1v) is 8.71. The van der Waals surface area contributed by atoms with E-state index in [0.717, 1.165) is 6.42 Å². The van der Waals surface area contributed by atoms with Gasteiger partial charge in [0.05, 0.1) is 4.90 Å². The van der Waals surface area contributed by atoms with Crippen LogP contribution in [0.15, 0.2) is 29.2 Å². The molecule has 1 N–H and O–H groups in total. The van der Waals surface area contributed by atoms with E-state index in [-0.39, 0.29) is 16.8 Å². The minimum absolute atomic E-state index is 0.0561. The zero-order valence-corrected chi connectivity index (χ0v) is 13.9.